The minimum Gasteiger partial charge on any atom is -0.497 e. The summed E-state index contributed by atoms with van der Waals surface area (Å²) in [5, 5.41) is 5.13. The molecule has 7 heteroatoms. The van der Waals surface area contributed by atoms with E-state index in [4.69, 9.17) is 9.47 Å². The molecule has 3 aromatic rings. The summed E-state index contributed by atoms with van der Waals surface area (Å²) < 4.78 is 24.3. The molecule has 2 atom stereocenters. The van der Waals surface area contributed by atoms with E-state index in [1.165, 1.54) is 12.1 Å². The Balaban J connectivity index is 1.50. The van der Waals surface area contributed by atoms with Crippen molar-refractivity contribution in [3.63, 3.8) is 0 Å². The van der Waals surface area contributed by atoms with Crippen molar-refractivity contribution in [2.75, 3.05) is 27.3 Å². The van der Waals surface area contributed by atoms with Crippen molar-refractivity contribution in [2.45, 2.75) is 24.9 Å². The lowest BCUT2D eigenvalue weighted by Gasteiger charge is -2.27. The zero-order valence-corrected chi connectivity index (χ0v) is 19.0. The second kappa shape index (κ2) is 10.1. The highest BCUT2D eigenvalue weighted by Crippen LogP contribution is 2.38. The van der Waals surface area contributed by atoms with Gasteiger partial charge in [0.25, 0.3) is 0 Å². The average Bonchev–Trinajstić information content (AvgIpc) is 3.50. The first kappa shape index (κ1) is 22.3. The van der Waals surface area contributed by atoms with Crippen molar-refractivity contribution in [1.82, 2.24) is 10.2 Å². The molecule has 1 aromatic heterocycles. The van der Waals surface area contributed by atoms with Gasteiger partial charge in [0.05, 0.1) is 26.8 Å². The molecule has 0 bridgehead atoms. The molecule has 0 radical (unpaired) electrons. The van der Waals surface area contributed by atoms with Gasteiger partial charge < -0.3 is 14.8 Å². The molecule has 168 valence electrons. The van der Waals surface area contributed by atoms with Gasteiger partial charge in [-0.3, -0.25) is 9.69 Å². The minimum absolute atomic E-state index is 0.0629. The van der Waals surface area contributed by atoms with Gasteiger partial charge >= 0.3 is 0 Å². The van der Waals surface area contributed by atoms with E-state index < -0.39 is 0 Å². The Kier molecular flexibility index (Phi) is 7.07. The number of carbonyl (C=O) groups is 1. The molecule has 1 fully saturated rings. The SMILES string of the molecule is COc1ccc([C@@H]2CCCN2CC(=O)N[C@H](c2ccc(F)cc2)c2cccs2)c(OC)c1. The van der Waals surface area contributed by atoms with Gasteiger partial charge in [0.1, 0.15) is 17.3 Å². The molecule has 0 unspecified atom stereocenters. The van der Waals surface area contributed by atoms with E-state index in [2.05, 4.69) is 10.2 Å². The van der Waals surface area contributed by atoms with Crippen LogP contribution in [-0.4, -0.2) is 38.1 Å². The fraction of sp³-hybridized carbons (Fsp3) is 0.320. The highest BCUT2D eigenvalue weighted by Gasteiger charge is 2.30. The minimum atomic E-state index is -0.306. The molecule has 2 heterocycles. The van der Waals surface area contributed by atoms with E-state index in [0.29, 0.717) is 0 Å². The Morgan fingerprint density at radius 3 is 2.69 bits per heavy atom. The number of amides is 1. The average molecular weight is 455 g/mol. The van der Waals surface area contributed by atoms with Gasteiger partial charge in [-0.15, -0.1) is 11.3 Å². The zero-order chi connectivity index (χ0) is 22.5. The summed E-state index contributed by atoms with van der Waals surface area (Å²) in [6, 6.07) is 15.9. The second-order valence-electron chi connectivity index (χ2n) is 7.80. The van der Waals surface area contributed by atoms with Crippen molar-refractivity contribution in [3.8, 4) is 11.5 Å². The summed E-state index contributed by atoms with van der Waals surface area (Å²) in [6.45, 7) is 1.12. The van der Waals surface area contributed by atoms with E-state index in [1.54, 1.807) is 37.7 Å². The van der Waals surface area contributed by atoms with Gasteiger partial charge in [-0.25, -0.2) is 4.39 Å². The number of nitrogens with one attached hydrogen (secondary N) is 1. The number of hydrogen-bond donors (Lipinski definition) is 1. The highest BCUT2D eigenvalue weighted by molar-refractivity contribution is 7.10. The number of methoxy groups -OCH3 is 2. The Labute approximate surface area is 191 Å². The molecule has 0 spiro atoms. The quantitative estimate of drug-likeness (QED) is 0.523. The summed E-state index contributed by atoms with van der Waals surface area (Å²) in [7, 11) is 3.28. The van der Waals surface area contributed by atoms with E-state index >= 15 is 0 Å². The Morgan fingerprint density at radius 1 is 1.19 bits per heavy atom. The van der Waals surface area contributed by atoms with Gasteiger partial charge in [-0.05, 0) is 54.6 Å². The van der Waals surface area contributed by atoms with Crippen LogP contribution in [0.4, 0.5) is 4.39 Å². The summed E-state index contributed by atoms with van der Waals surface area (Å²) >= 11 is 1.57. The molecular weight excluding hydrogens is 427 g/mol. The number of benzene rings is 2. The van der Waals surface area contributed by atoms with Crippen molar-refractivity contribution in [2.24, 2.45) is 0 Å². The lowest BCUT2D eigenvalue weighted by Crippen LogP contribution is -2.39. The Bertz CT molecular complexity index is 1040. The number of halogens is 1. The largest absolute Gasteiger partial charge is 0.497 e. The lowest BCUT2D eigenvalue weighted by molar-refractivity contribution is -0.123. The summed E-state index contributed by atoms with van der Waals surface area (Å²) in [6.07, 6.45) is 1.97. The van der Waals surface area contributed by atoms with Crippen LogP contribution in [0.5, 0.6) is 11.5 Å². The predicted molar refractivity (Wildman–Crippen MR) is 124 cm³/mol. The van der Waals surface area contributed by atoms with Crippen molar-refractivity contribution < 1.29 is 18.7 Å². The number of carbonyl (C=O) groups excluding carboxylic acids is 1. The third-order valence-electron chi connectivity index (χ3n) is 5.85. The van der Waals surface area contributed by atoms with Gasteiger partial charge in [0, 0.05) is 22.5 Å². The lowest BCUT2D eigenvalue weighted by atomic mass is 10.0. The van der Waals surface area contributed by atoms with Crippen LogP contribution in [0.15, 0.2) is 60.0 Å². The van der Waals surface area contributed by atoms with Crippen molar-refractivity contribution in [1.29, 1.82) is 0 Å². The maximum atomic E-state index is 13.4. The van der Waals surface area contributed by atoms with Crippen molar-refractivity contribution >= 4 is 17.2 Å². The molecule has 1 amide bonds. The molecule has 0 saturated carbocycles. The zero-order valence-electron chi connectivity index (χ0n) is 18.2. The van der Waals surface area contributed by atoms with Crippen LogP contribution in [-0.2, 0) is 4.79 Å². The standard InChI is InChI=1S/C25H27FN2O3S/c1-30-19-11-12-20(22(15-19)31-2)21-5-3-13-28(21)16-24(29)27-25(23-6-4-14-32-23)17-7-9-18(26)10-8-17/h4,6-12,14-15,21,25H,3,5,13,16H2,1-2H3,(H,27,29)/t21-,25+/m0/s1. The van der Waals surface area contributed by atoms with Crippen LogP contribution >= 0.6 is 11.3 Å². The van der Waals surface area contributed by atoms with Crippen LogP contribution in [0.2, 0.25) is 0 Å². The van der Waals surface area contributed by atoms with Crippen LogP contribution in [0, 0.1) is 5.82 Å². The van der Waals surface area contributed by atoms with Crippen LogP contribution in [0.25, 0.3) is 0 Å². The first-order valence-corrected chi connectivity index (χ1v) is 11.5. The van der Waals surface area contributed by atoms with E-state index in [0.717, 1.165) is 46.9 Å². The number of likely N-dealkylation sites (tertiary alicyclic amines) is 1. The van der Waals surface area contributed by atoms with E-state index in [1.807, 2.05) is 35.7 Å². The summed E-state index contributed by atoms with van der Waals surface area (Å²) in [4.78, 5) is 16.3. The highest BCUT2D eigenvalue weighted by atomic mass is 32.1. The molecule has 2 aromatic carbocycles. The Morgan fingerprint density at radius 2 is 2.00 bits per heavy atom. The molecule has 1 N–H and O–H groups in total. The number of rotatable bonds is 8. The topological polar surface area (TPSA) is 50.8 Å². The molecule has 4 rings (SSSR count). The predicted octanol–water partition coefficient (Wildman–Crippen LogP) is 4.95. The number of hydrogen-bond acceptors (Lipinski definition) is 5. The number of thiophene rings is 1. The van der Waals surface area contributed by atoms with Crippen LogP contribution < -0.4 is 14.8 Å². The molecule has 0 aliphatic carbocycles. The molecule has 1 saturated heterocycles. The smallest absolute Gasteiger partial charge is 0.234 e. The fourth-order valence-electron chi connectivity index (χ4n) is 4.28. The maximum absolute atomic E-state index is 13.4. The third kappa shape index (κ3) is 4.95. The van der Waals surface area contributed by atoms with E-state index in [-0.39, 0.29) is 30.4 Å². The third-order valence-corrected chi connectivity index (χ3v) is 6.78. The van der Waals surface area contributed by atoms with E-state index in [9.17, 15) is 9.18 Å². The van der Waals surface area contributed by atoms with Gasteiger partial charge in [-0.1, -0.05) is 24.3 Å². The number of ether oxygens (including phenoxy) is 2. The van der Waals surface area contributed by atoms with Crippen molar-refractivity contribution in [3.05, 3.63) is 81.8 Å². The molecular formula is C25H27FN2O3S. The monoisotopic (exact) mass is 454 g/mol. The van der Waals surface area contributed by atoms with Crippen LogP contribution in [0.3, 0.4) is 0 Å². The normalized spacial score (nSPS) is 17.2. The van der Waals surface area contributed by atoms with Crippen LogP contribution in [0.1, 0.15) is 40.9 Å². The maximum Gasteiger partial charge on any atom is 0.234 e. The first-order valence-electron chi connectivity index (χ1n) is 10.6. The fourth-order valence-corrected chi connectivity index (χ4v) is 5.08. The molecule has 5 nitrogen and oxygen atoms in total. The van der Waals surface area contributed by atoms with Gasteiger partial charge in [0.15, 0.2) is 0 Å². The number of nitrogens with zero attached hydrogens (tertiary/aromatic N) is 1. The molecule has 1 aliphatic heterocycles. The second-order valence-corrected chi connectivity index (χ2v) is 8.78. The molecule has 32 heavy (non-hydrogen) atoms. The molecule has 1 aliphatic rings. The van der Waals surface area contributed by atoms with Gasteiger partial charge in [-0.2, -0.15) is 0 Å². The first-order chi connectivity index (χ1) is 15.6. The summed E-state index contributed by atoms with van der Waals surface area (Å²) in [5.41, 5.74) is 1.92. The van der Waals surface area contributed by atoms with Gasteiger partial charge in [0.2, 0.25) is 5.91 Å². The Hall–Kier alpha value is -2.90. The summed E-state index contributed by atoms with van der Waals surface area (Å²) in [5.74, 6) is 1.15.